The molecule has 29 heteroatoms. The van der Waals surface area contributed by atoms with E-state index < -0.39 is 189 Å². The molecule has 4 rings (SSSR count). The third kappa shape index (κ3) is 21.5. The number of amides is 10. The largest absolute Gasteiger partial charge is 0.481 e. The second kappa shape index (κ2) is 32.1. The van der Waals surface area contributed by atoms with E-state index >= 15 is 4.39 Å². The second-order valence-electron chi connectivity index (χ2n) is 21.1. The van der Waals surface area contributed by atoms with Crippen LogP contribution in [0, 0.1) is 17.0 Å². The molecule has 10 N–H and O–H groups in total. The van der Waals surface area contributed by atoms with Gasteiger partial charge in [-0.2, -0.15) is 0 Å². The number of nitrogens with zero attached hydrogens (tertiary/aromatic N) is 3. The molecule has 0 radical (unpaired) electrons. The van der Waals surface area contributed by atoms with E-state index in [-0.39, 0.29) is 43.4 Å². The van der Waals surface area contributed by atoms with Crippen LogP contribution in [0.15, 0.2) is 60.8 Å². The first-order chi connectivity index (χ1) is 40.0. The number of hydrogen-bond acceptors (Lipinski definition) is 15. The number of carboxylic acids is 2. The third-order valence-electron chi connectivity index (χ3n) is 13.1. The van der Waals surface area contributed by atoms with Crippen LogP contribution in [0.1, 0.15) is 117 Å². The summed E-state index contributed by atoms with van der Waals surface area (Å²) in [5.74, 6) is -14.1. The summed E-state index contributed by atoms with van der Waals surface area (Å²) in [7, 11) is 0. The number of hydrogen-bond donors (Lipinski definition) is 10. The van der Waals surface area contributed by atoms with Crippen LogP contribution in [0.3, 0.4) is 0 Å². The molecular formula is C56H72F2N10O17. The number of aliphatic hydroxyl groups is 1. The first-order valence-electron chi connectivity index (χ1n) is 27.1. The van der Waals surface area contributed by atoms with Crippen molar-refractivity contribution in [2.24, 2.45) is 5.41 Å². The molecule has 1 aromatic heterocycles. The number of benzene rings is 2. The Bertz CT molecular complexity index is 2950. The van der Waals surface area contributed by atoms with Crippen molar-refractivity contribution < 1.29 is 91.3 Å². The Labute approximate surface area is 487 Å². The van der Waals surface area contributed by atoms with Gasteiger partial charge < -0.3 is 66.8 Å². The minimum Gasteiger partial charge on any atom is -0.481 e. The Hall–Kier alpha value is -9.15. The molecule has 462 valence electrons. The minimum absolute atomic E-state index is 0.109. The summed E-state index contributed by atoms with van der Waals surface area (Å²) < 4.78 is 31.8. The quantitative estimate of drug-likeness (QED) is 0.0302. The molecular weight excluding hydrogens is 1120 g/mol. The van der Waals surface area contributed by atoms with E-state index in [1.807, 2.05) is 12.1 Å². The van der Waals surface area contributed by atoms with E-state index in [4.69, 9.17) is 4.84 Å². The Morgan fingerprint density at radius 2 is 1.28 bits per heavy atom. The van der Waals surface area contributed by atoms with Crippen LogP contribution in [-0.4, -0.2) is 163 Å². The number of nitrogens with one attached hydrogen (secondary N) is 7. The summed E-state index contributed by atoms with van der Waals surface area (Å²) in [6.45, 7) is 6.71. The maximum Gasteiger partial charge on any atom is 0.333 e. The molecule has 2 aromatic carbocycles. The van der Waals surface area contributed by atoms with Gasteiger partial charge in [-0.25, -0.2) is 13.6 Å². The fourth-order valence-electron chi connectivity index (χ4n) is 8.98. The number of halogens is 2. The summed E-state index contributed by atoms with van der Waals surface area (Å²) in [4.78, 5) is 172. The fraction of sp³-hybridized carbons (Fsp3) is 0.482. The summed E-state index contributed by atoms with van der Waals surface area (Å²) in [6.07, 6.45) is -2.24. The highest BCUT2D eigenvalue weighted by Crippen LogP contribution is 2.41. The Kier molecular flexibility index (Phi) is 25.8. The van der Waals surface area contributed by atoms with Gasteiger partial charge in [0.15, 0.2) is 0 Å². The van der Waals surface area contributed by atoms with E-state index in [1.165, 1.54) is 18.7 Å². The Morgan fingerprint density at radius 1 is 0.694 bits per heavy atom. The van der Waals surface area contributed by atoms with Crippen molar-refractivity contribution in [1.29, 1.82) is 0 Å². The van der Waals surface area contributed by atoms with Crippen LogP contribution in [0.2, 0.25) is 0 Å². The van der Waals surface area contributed by atoms with Crippen molar-refractivity contribution in [3.05, 3.63) is 83.7 Å². The number of carboxylic acid groups (broad SMARTS) is 2. The first kappa shape index (κ1) is 68.3. The van der Waals surface area contributed by atoms with Crippen LogP contribution in [-0.2, 0) is 73.7 Å². The monoisotopic (exact) mass is 1190 g/mol. The van der Waals surface area contributed by atoms with Gasteiger partial charge >= 0.3 is 17.9 Å². The molecule has 0 aliphatic carbocycles. The predicted octanol–water partition coefficient (Wildman–Crippen LogP) is 0.613. The van der Waals surface area contributed by atoms with Gasteiger partial charge in [-0.3, -0.25) is 57.5 Å². The van der Waals surface area contributed by atoms with E-state index in [2.05, 4.69) is 37.2 Å². The highest BCUT2D eigenvalue weighted by atomic mass is 19.1. The molecule has 0 unspecified atom stereocenters. The molecule has 1 saturated heterocycles. The van der Waals surface area contributed by atoms with Gasteiger partial charge in [0.1, 0.15) is 48.5 Å². The molecule has 2 heterocycles. The predicted molar refractivity (Wildman–Crippen MR) is 294 cm³/mol. The Morgan fingerprint density at radius 3 is 1.86 bits per heavy atom. The lowest BCUT2D eigenvalue weighted by Crippen LogP contribution is -2.58. The van der Waals surface area contributed by atoms with Gasteiger partial charge in [0.05, 0.1) is 12.5 Å². The van der Waals surface area contributed by atoms with Gasteiger partial charge in [0.25, 0.3) is 11.8 Å². The van der Waals surface area contributed by atoms with Crippen LogP contribution in [0.5, 0.6) is 0 Å². The summed E-state index contributed by atoms with van der Waals surface area (Å²) in [6, 6.07) is 4.76. The van der Waals surface area contributed by atoms with Gasteiger partial charge in [0.2, 0.25) is 47.3 Å². The highest BCUT2D eigenvalue weighted by Gasteiger charge is 2.39. The van der Waals surface area contributed by atoms with Gasteiger partial charge in [0, 0.05) is 88.2 Å². The lowest BCUT2D eigenvalue weighted by atomic mass is 9.82. The molecule has 6 atom stereocenters. The third-order valence-corrected chi connectivity index (χ3v) is 13.1. The molecule has 3 aromatic rings. The average molecular weight is 1200 g/mol. The average Bonchev–Trinajstić information content (AvgIpc) is 2.04. The fourth-order valence-corrected chi connectivity index (χ4v) is 8.98. The minimum atomic E-state index is -1.93. The molecule has 27 nitrogen and oxygen atoms in total. The van der Waals surface area contributed by atoms with Crippen molar-refractivity contribution in [3.63, 3.8) is 0 Å². The summed E-state index contributed by atoms with van der Waals surface area (Å²) >= 11 is 0. The maximum absolute atomic E-state index is 15.4. The van der Waals surface area contributed by atoms with E-state index in [9.17, 15) is 82.0 Å². The standard InChI is InChI=1S/C56H72F2N10O17/c1-31(61-33(3)70)51(80)62-32(2)52(81)65-41(27-48(77)78)55(84)64-40(54(83)60-23-22-59-53(82)39(17-20-47(75)76)63-43(71)13-10-14-49(79)85-68-44(72)18-19-45(68)73)21-24-67(46(74)30-69)50(56(4,5)6)42-25-35(37-26-36(57)15-16-38(37)58)29-66(42)28-34-11-8-7-9-12-34/h7-9,11-12,15-16,25-26,29,31-32,39-41,50,69H,10,13-14,17-24,27-28,30H2,1-6H3,(H,59,82)(H,60,83)(H,61,70)(H,62,80)(H,63,71)(H,64,84)(H,65,81)(H,75,76)(H,77,78)/t31-,32+,39+,40-,41-,50-/m0/s1. The van der Waals surface area contributed by atoms with Crippen LogP contribution in [0.25, 0.3) is 11.1 Å². The van der Waals surface area contributed by atoms with Crippen molar-refractivity contribution in [2.75, 3.05) is 26.2 Å². The first-order valence-corrected chi connectivity index (χ1v) is 27.1. The number of imide groups is 1. The summed E-state index contributed by atoms with van der Waals surface area (Å²) in [5.41, 5.74) is 0.270. The van der Waals surface area contributed by atoms with Crippen molar-refractivity contribution in [2.45, 2.75) is 142 Å². The normalized spacial score (nSPS) is 14.3. The van der Waals surface area contributed by atoms with Gasteiger partial charge in [-0.15, -0.1) is 5.06 Å². The zero-order valence-electron chi connectivity index (χ0n) is 47.8. The highest BCUT2D eigenvalue weighted by molar-refractivity contribution is 6.01. The number of hydroxylamine groups is 2. The van der Waals surface area contributed by atoms with E-state index in [0.717, 1.165) is 30.7 Å². The van der Waals surface area contributed by atoms with Crippen molar-refractivity contribution in [1.82, 2.24) is 51.7 Å². The van der Waals surface area contributed by atoms with Gasteiger partial charge in [-0.05, 0) is 68.4 Å². The number of carbonyl (C=O) groups is 13. The van der Waals surface area contributed by atoms with Crippen LogP contribution in [0.4, 0.5) is 8.78 Å². The lowest BCUT2D eigenvalue weighted by molar-refractivity contribution is -0.197. The van der Waals surface area contributed by atoms with Crippen LogP contribution >= 0.6 is 0 Å². The van der Waals surface area contributed by atoms with Gasteiger partial charge in [-0.1, -0.05) is 51.1 Å². The zero-order valence-corrected chi connectivity index (χ0v) is 47.8. The molecule has 1 aliphatic rings. The zero-order chi connectivity index (χ0) is 63.3. The SMILES string of the molecule is CC(=O)N[C@@H](C)C(=O)N[C@H](C)C(=O)N[C@@H](CC(=O)O)C(=O)N[C@@H](CCN(C(=O)CO)[C@@H](c1cc(-c2cc(F)ccc2F)cn1Cc1ccccc1)C(C)(C)C)C(=O)NCCNC(=O)[C@@H](CCC(=O)O)NC(=O)CCCC(=O)ON1C(=O)CCC1=O. The molecule has 1 aliphatic heterocycles. The lowest BCUT2D eigenvalue weighted by Gasteiger charge is -2.41. The number of carbonyl (C=O) groups excluding carboxylic acids is 11. The van der Waals surface area contributed by atoms with E-state index in [1.54, 1.807) is 55.8 Å². The van der Waals surface area contributed by atoms with E-state index in [0.29, 0.717) is 10.8 Å². The molecule has 1 fully saturated rings. The maximum atomic E-state index is 15.4. The number of aliphatic carboxylic acids is 2. The second-order valence-corrected chi connectivity index (χ2v) is 21.1. The molecule has 0 bridgehead atoms. The number of aromatic nitrogens is 1. The summed E-state index contributed by atoms with van der Waals surface area (Å²) in [5, 5.41) is 46.7. The molecule has 0 spiro atoms. The number of rotatable bonds is 32. The number of aliphatic hydroxyl groups excluding tert-OH is 1. The van der Waals surface area contributed by atoms with Crippen molar-refractivity contribution >= 4 is 77.0 Å². The van der Waals surface area contributed by atoms with Crippen LogP contribution < -0.4 is 37.2 Å². The Balaban J connectivity index is 1.63. The molecule has 10 amide bonds. The topological polar surface area (TPSA) is 387 Å². The molecule has 85 heavy (non-hydrogen) atoms. The molecule has 0 saturated carbocycles. The van der Waals surface area contributed by atoms with Crippen molar-refractivity contribution in [3.8, 4) is 11.1 Å². The smallest absolute Gasteiger partial charge is 0.333 e.